The zero-order chi connectivity index (χ0) is 16.3. The maximum absolute atomic E-state index is 12.3. The minimum Gasteiger partial charge on any atom is -0.408 e. The lowest BCUT2D eigenvalue weighted by Crippen LogP contribution is -2.26. The third-order valence-electron chi connectivity index (χ3n) is 3.21. The summed E-state index contributed by atoms with van der Waals surface area (Å²) in [6.07, 6.45) is 3.73. The number of ether oxygens (including phenoxy) is 1. The van der Waals surface area contributed by atoms with Crippen molar-refractivity contribution >= 4 is 23.9 Å². The molecule has 1 aromatic rings. The molecule has 2 rings (SSSR count). The average molecular weight is 304 g/mol. The summed E-state index contributed by atoms with van der Waals surface area (Å²) in [5, 5.41) is 0. The van der Waals surface area contributed by atoms with E-state index in [9.17, 15) is 9.59 Å². The van der Waals surface area contributed by atoms with Crippen molar-refractivity contribution in [2.45, 2.75) is 46.7 Å². The van der Waals surface area contributed by atoms with Crippen LogP contribution in [-0.2, 0) is 16.1 Å². The smallest absolute Gasteiger partial charge is 0.337 e. The van der Waals surface area contributed by atoms with E-state index in [1.807, 2.05) is 20.8 Å². The summed E-state index contributed by atoms with van der Waals surface area (Å²) in [6, 6.07) is -0.463. The molecule has 0 amide bonds. The molecule has 2 heterocycles. The Kier molecular flexibility index (Phi) is 4.85. The van der Waals surface area contributed by atoms with Crippen molar-refractivity contribution < 1.29 is 9.53 Å². The molecule has 7 heteroatoms. The largest absolute Gasteiger partial charge is 0.408 e. The Morgan fingerprint density at radius 3 is 2.77 bits per heavy atom. The molecule has 0 aromatic carbocycles. The third-order valence-corrected chi connectivity index (χ3v) is 3.21. The van der Waals surface area contributed by atoms with Crippen LogP contribution in [0, 0.1) is 12.8 Å². The van der Waals surface area contributed by atoms with Gasteiger partial charge in [0.15, 0.2) is 11.9 Å². The van der Waals surface area contributed by atoms with E-state index in [2.05, 4.69) is 15.0 Å². The molecule has 1 aromatic heterocycles. The number of aliphatic imine (C=N–C) groups is 2. The predicted octanol–water partition coefficient (Wildman–Crippen LogP) is 1.64. The lowest BCUT2D eigenvalue weighted by atomic mass is 10.2. The van der Waals surface area contributed by atoms with Crippen LogP contribution in [0.4, 0.5) is 5.82 Å². The van der Waals surface area contributed by atoms with Crippen LogP contribution in [0.2, 0.25) is 0 Å². The van der Waals surface area contributed by atoms with Crippen LogP contribution in [0.1, 0.15) is 32.8 Å². The molecule has 7 nitrogen and oxygen atoms in total. The molecule has 0 N–H and O–H groups in total. The van der Waals surface area contributed by atoms with Crippen molar-refractivity contribution in [2.24, 2.45) is 15.9 Å². The quantitative estimate of drug-likeness (QED) is 0.611. The van der Waals surface area contributed by atoms with Gasteiger partial charge in [0.2, 0.25) is 5.90 Å². The van der Waals surface area contributed by atoms with Gasteiger partial charge < -0.3 is 4.74 Å². The fourth-order valence-corrected chi connectivity index (χ4v) is 1.96. The van der Waals surface area contributed by atoms with Gasteiger partial charge in [-0.05, 0) is 19.3 Å². The first kappa shape index (κ1) is 16.1. The number of carbonyl (C=O) groups excluding carboxylic acids is 1. The van der Waals surface area contributed by atoms with Gasteiger partial charge in [-0.15, -0.1) is 0 Å². The zero-order valence-electron chi connectivity index (χ0n) is 13.2. The molecule has 1 atom stereocenters. The van der Waals surface area contributed by atoms with Gasteiger partial charge in [0.1, 0.15) is 12.9 Å². The highest BCUT2D eigenvalue weighted by Crippen LogP contribution is 2.12. The summed E-state index contributed by atoms with van der Waals surface area (Å²) >= 11 is 0. The first-order chi connectivity index (χ1) is 10.4. The van der Waals surface area contributed by atoms with E-state index < -0.39 is 6.04 Å². The minimum atomic E-state index is -0.463. The molecule has 1 unspecified atom stereocenters. The molecule has 1 aliphatic rings. The lowest BCUT2D eigenvalue weighted by molar-refractivity contribution is -0.135. The highest BCUT2D eigenvalue weighted by molar-refractivity contribution is 5.97. The van der Waals surface area contributed by atoms with E-state index >= 15 is 0 Å². The molecule has 118 valence electrons. The van der Waals surface area contributed by atoms with E-state index in [1.165, 1.54) is 10.9 Å². The number of hydrogen-bond donors (Lipinski definition) is 0. The highest BCUT2D eigenvalue weighted by atomic mass is 16.6. The van der Waals surface area contributed by atoms with Crippen LogP contribution in [0.5, 0.6) is 0 Å². The Hall–Kier alpha value is -2.31. The van der Waals surface area contributed by atoms with E-state index in [0.29, 0.717) is 17.8 Å². The Balaban J connectivity index is 2.22. The summed E-state index contributed by atoms with van der Waals surface area (Å²) in [5.41, 5.74) is 0.237. The molecular weight excluding hydrogens is 284 g/mol. The second-order valence-corrected chi connectivity index (χ2v) is 5.52. The monoisotopic (exact) mass is 304 g/mol. The highest BCUT2D eigenvalue weighted by Gasteiger charge is 2.27. The molecule has 0 fully saturated rings. The molecule has 22 heavy (non-hydrogen) atoms. The van der Waals surface area contributed by atoms with Gasteiger partial charge >= 0.3 is 5.97 Å². The van der Waals surface area contributed by atoms with Gasteiger partial charge in [-0.1, -0.05) is 20.8 Å². The van der Waals surface area contributed by atoms with Crippen molar-refractivity contribution in [3.63, 3.8) is 0 Å². The number of carbonyl (C=O) groups is 1. The van der Waals surface area contributed by atoms with Crippen molar-refractivity contribution in [1.29, 1.82) is 0 Å². The number of esters is 1. The van der Waals surface area contributed by atoms with Crippen LogP contribution in [0.3, 0.4) is 0 Å². The Bertz CT molecular complexity index is 689. The van der Waals surface area contributed by atoms with Gasteiger partial charge in [-0.25, -0.2) is 19.8 Å². The maximum Gasteiger partial charge on any atom is 0.337 e. The normalized spacial score (nSPS) is 18.1. The van der Waals surface area contributed by atoms with E-state index in [0.717, 1.165) is 0 Å². The summed E-state index contributed by atoms with van der Waals surface area (Å²) < 4.78 is 6.44. The number of hydrogen-bond acceptors (Lipinski definition) is 6. The van der Waals surface area contributed by atoms with E-state index in [-0.39, 0.29) is 29.9 Å². The third kappa shape index (κ3) is 3.47. The van der Waals surface area contributed by atoms with Crippen molar-refractivity contribution in [2.75, 3.05) is 0 Å². The van der Waals surface area contributed by atoms with Crippen molar-refractivity contribution in [1.82, 2.24) is 9.55 Å². The fraction of sp³-hybridized carbons (Fsp3) is 0.533. The second-order valence-electron chi connectivity index (χ2n) is 5.52. The van der Waals surface area contributed by atoms with Crippen molar-refractivity contribution in [3.05, 3.63) is 22.2 Å². The Labute approximate surface area is 128 Å². The maximum atomic E-state index is 12.3. The van der Waals surface area contributed by atoms with Crippen LogP contribution >= 0.6 is 0 Å². The second kappa shape index (κ2) is 6.64. The van der Waals surface area contributed by atoms with Gasteiger partial charge in [-0.3, -0.25) is 9.36 Å². The Morgan fingerprint density at radius 2 is 2.18 bits per heavy atom. The van der Waals surface area contributed by atoms with E-state index in [4.69, 9.17) is 4.74 Å². The summed E-state index contributed by atoms with van der Waals surface area (Å²) in [6.45, 7) is 7.63. The standard InChI is InChI=1S/C15H20N4O3/c1-5-11-15(21)22-12(18-11)7-19-8-17-13(10(4)14(19)20)16-6-9(2)3/h6,8-9,11H,5,7H2,1-4H3/b16-6-. The van der Waals surface area contributed by atoms with Crippen LogP contribution in [0.15, 0.2) is 21.1 Å². The molecule has 0 radical (unpaired) electrons. The topological polar surface area (TPSA) is 85.9 Å². The number of rotatable bonds is 5. The first-order valence-electron chi connectivity index (χ1n) is 7.31. The molecule has 0 saturated heterocycles. The molecule has 0 bridgehead atoms. The number of nitrogens with zero attached hydrogens (tertiary/aromatic N) is 4. The molecule has 0 aliphatic carbocycles. The summed E-state index contributed by atoms with van der Waals surface area (Å²) in [7, 11) is 0. The first-order valence-corrected chi connectivity index (χ1v) is 7.31. The van der Waals surface area contributed by atoms with Crippen molar-refractivity contribution in [3.8, 4) is 0 Å². The molecule has 0 saturated carbocycles. The van der Waals surface area contributed by atoms with Gasteiger partial charge in [0.25, 0.3) is 5.56 Å². The van der Waals surface area contributed by atoms with Gasteiger partial charge in [0.05, 0.1) is 5.56 Å². The Morgan fingerprint density at radius 1 is 1.45 bits per heavy atom. The van der Waals surface area contributed by atoms with Crippen LogP contribution in [0.25, 0.3) is 0 Å². The van der Waals surface area contributed by atoms with Gasteiger partial charge in [-0.2, -0.15) is 0 Å². The molecular formula is C15H20N4O3. The number of aromatic nitrogens is 2. The van der Waals surface area contributed by atoms with Crippen LogP contribution < -0.4 is 5.56 Å². The predicted molar refractivity (Wildman–Crippen MR) is 83.8 cm³/mol. The fourth-order valence-electron chi connectivity index (χ4n) is 1.96. The summed E-state index contributed by atoms with van der Waals surface area (Å²) in [4.78, 5) is 36.4. The summed E-state index contributed by atoms with van der Waals surface area (Å²) in [5.74, 6) is 0.570. The van der Waals surface area contributed by atoms with Crippen LogP contribution in [-0.4, -0.2) is 33.7 Å². The molecule has 1 aliphatic heterocycles. The lowest BCUT2D eigenvalue weighted by Gasteiger charge is -2.07. The molecule has 0 spiro atoms. The SMILES string of the molecule is CCC1N=C(Cn2cnc(/N=C\C(C)C)c(C)c2=O)OC1=O. The average Bonchev–Trinajstić information content (AvgIpc) is 2.83. The zero-order valence-corrected chi connectivity index (χ0v) is 13.2. The van der Waals surface area contributed by atoms with Gasteiger partial charge in [0, 0.05) is 6.21 Å². The minimum absolute atomic E-state index is 0.100. The number of cyclic esters (lactones) is 1. The van der Waals surface area contributed by atoms with E-state index in [1.54, 1.807) is 13.1 Å².